The van der Waals surface area contributed by atoms with Crippen molar-refractivity contribution in [2.45, 2.75) is 18.7 Å². The summed E-state index contributed by atoms with van der Waals surface area (Å²) in [5.41, 5.74) is 1.84. The van der Waals surface area contributed by atoms with Crippen LogP contribution < -0.4 is 9.80 Å². The van der Waals surface area contributed by atoms with Crippen LogP contribution in [0, 0.1) is 13.8 Å². The summed E-state index contributed by atoms with van der Waals surface area (Å²) in [6.07, 6.45) is 1.77. The third kappa shape index (κ3) is 4.32. The molecule has 0 radical (unpaired) electrons. The van der Waals surface area contributed by atoms with Crippen LogP contribution in [-0.4, -0.2) is 75.2 Å². The van der Waals surface area contributed by atoms with Gasteiger partial charge in [0.2, 0.25) is 16.0 Å². The van der Waals surface area contributed by atoms with E-state index in [1.165, 1.54) is 0 Å². The van der Waals surface area contributed by atoms with Gasteiger partial charge in [0.1, 0.15) is 5.82 Å². The standard InChI is InChI=1S/C20H26BrN5O3S/c1-15-3-4-18(16(2)13-15)30(27,28)26-7-5-24(6-8-26)19-17(21)14-22-20(23-19)25-9-11-29-12-10-25/h3-4,13-14H,5-12H2,1-2H3. The summed E-state index contributed by atoms with van der Waals surface area (Å²) < 4.78 is 34.1. The van der Waals surface area contributed by atoms with Crippen LogP contribution >= 0.6 is 15.9 Å². The van der Waals surface area contributed by atoms with E-state index in [0.29, 0.717) is 50.2 Å². The molecule has 30 heavy (non-hydrogen) atoms. The fourth-order valence-electron chi connectivity index (χ4n) is 3.85. The van der Waals surface area contributed by atoms with Crippen molar-refractivity contribution in [3.05, 3.63) is 40.0 Å². The summed E-state index contributed by atoms with van der Waals surface area (Å²) in [6, 6.07) is 5.47. The first-order chi connectivity index (χ1) is 14.4. The Morgan fingerprint density at radius 3 is 2.37 bits per heavy atom. The highest BCUT2D eigenvalue weighted by Gasteiger charge is 2.31. The molecule has 162 valence electrons. The van der Waals surface area contributed by atoms with Crippen LogP contribution in [0.25, 0.3) is 0 Å². The molecule has 0 unspecified atom stereocenters. The predicted octanol–water partition coefficient (Wildman–Crippen LogP) is 2.20. The third-order valence-electron chi connectivity index (χ3n) is 5.49. The Balaban J connectivity index is 1.49. The number of halogens is 1. The number of morpholine rings is 1. The maximum Gasteiger partial charge on any atom is 0.243 e. The van der Waals surface area contributed by atoms with E-state index in [4.69, 9.17) is 9.72 Å². The monoisotopic (exact) mass is 495 g/mol. The molecule has 4 rings (SSSR count). The van der Waals surface area contributed by atoms with Crippen molar-refractivity contribution >= 4 is 37.7 Å². The first-order valence-electron chi connectivity index (χ1n) is 10.0. The van der Waals surface area contributed by atoms with Gasteiger partial charge in [-0.25, -0.2) is 13.4 Å². The molecule has 0 bridgehead atoms. The van der Waals surface area contributed by atoms with Crippen molar-refractivity contribution in [3.63, 3.8) is 0 Å². The van der Waals surface area contributed by atoms with E-state index < -0.39 is 10.0 Å². The maximum atomic E-state index is 13.1. The Morgan fingerprint density at radius 2 is 1.70 bits per heavy atom. The number of sulfonamides is 1. The lowest BCUT2D eigenvalue weighted by Crippen LogP contribution is -2.49. The first-order valence-corrected chi connectivity index (χ1v) is 12.3. The topological polar surface area (TPSA) is 78.9 Å². The highest BCUT2D eigenvalue weighted by Crippen LogP contribution is 2.28. The van der Waals surface area contributed by atoms with Crippen LogP contribution in [0.4, 0.5) is 11.8 Å². The lowest BCUT2D eigenvalue weighted by molar-refractivity contribution is 0.122. The number of aromatic nitrogens is 2. The average molecular weight is 496 g/mol. The van der Waals surface area contributed by atoms with Gasteiger partial charge in [-0.15, -0.1) is 0 Å². The molecule has 3 heterocycles. The van der Waals surface area contributed by atoms with E-state index in [-0.39, 0.29) is 0 Å². The van der Waals surface area contributed by atoms with Crippen LogP contribution in [0.2, 0.25) is 0 Å². The summed E-state index contributed by atoms with van der Waals surface area (Å²) >= 11 is 3.56. The summed E-state index contributed by atoms with van der Waals surface area (Å²) in [7, 11) is -3.51. The van der Waals surface area contributed by atoms with E-state index in [1.54, 1.807) is 16.6 Å². The molecule has 2 fully saturated rings. The zero-order chi connectivity index (χ0) is 21.3. The van der Waals surface area contributed by atoms with Crippen molar-refractivity contribution in [1.29, 1.82) is 0 Å². The zero-order valence-electron chi connectivity index (χ0n) is 17.2. The number of piperazine rings is 1. The van der Waals surface area contributed by atoms with Gasteiger partial charge < -0.3 is 14.5 Å². The fourth-order valence-corrected chi connectivity index (χ4v) is 5.92. The van der Waals surface area contributed by atoms with Crippen LogP contribution in [-0.2, 0) is 14.8 Å². The summed E-state index contributed by atoms with van der Waals surface area (Å²) in [4.78, 5) is 13.8. The van der Waals surface area contributed by atoms with Gasteiger partial charge in [0.05, 0.1) is 22.6 Å². The molecule has 2 saturated heterocycles. The van der Waals surface area contributed by atoms with Crippen molar-refractivity contribution in [2.24, 2.45) is 0 Å². The molecule has 10 heteroatoms. The Bertz CT molecular complexity index is 1020. The molecule has 8 nitrogen and oxygen atoms in total. The molecule has 1 aromatic heterocycles. The highest BCUT2D eigenvalue weighted by atomic mass is 79.9. The minimum Gasteiger partial charge on any atom is -0.378 e. The second-order valence-electron chi connectivity index (χ2n) is 7.60. The number of hydrogen-bond donors (Lipinski definition) is 0. The Labute approximate surface area is 186 Å². The van der Waals surface area contributed by atoms with Crippen molar-refractivity contribution in [2.75, 3.05) is 62.3 Å². The Kier molecular flexibility index (Phi) is 6.29. The fraction of sp³-hybridized carbons (Fsp3) is 0.500. The van der Waals surface area contributed by atoms with Crippen LogP contribution in [0.1, 0.15) is 11.1 Å². The third-order valence-corrected chi connectivity index (χ3v) is 8.11. The minimum atomic E-state index is -3.51. The number of nitrogens with zero attached hydrogens (tertiary/aromatic N) is 5. The number of rotatable bonds is 4. The molecule has 1 aromatic carbocycles. The van der Waals surface area contributed by atoms with E-state index in [9.17, 15) is 8.42 Å². The van der Waals surface area contributed by atoms with Crippen LogP contribution in [0.3, 0.4) is 0 Å². The number of ether oxygens (including phenoxy) is 1. The Hall–Kier alpha value is -1.75. The molecule has 0 spiro atoms. The zero-order valence-corrected chi connectivity index (χ0v) is 19.6. The average Bonchev–Trinajstić information content (AvgIpc) is 2.74. The van der Waals surface area contributed by atoms with Gasteiger partial charge in [-0.1, -0.05) is 17.7 Å². The molecule has 2 aliphatic rings. The van der Waals surface area contributed by atoms with Crippen molar-refractivity contribution in [3.8, 4) is 0 Å². The quantitative estimate of drug-likeness (QED) is 0.642. The van der Waals surface area contributed by atoms with Crippen molar-refractivity contribution < 1.29 is 13.2 Å². The minimum absolute atomic E-state index is 0.388. The predicted molar refractivity (Wildman–Crippen MR) is 120 cm³/mol. The second-order valence-corrected chi connectivity index (χ2v) is 10.4. The highest BCUT2D eigenvalue weighted by molar-refractivity contribution is 9.10. The largest absolute Gasteiger partial charge is 0.378 e. The molecule has 0 N–H and O–H groups in total. The second kappa shape index (κ2) is 8.78. The number of anilines is 2. The molecule has 2 aliphatic heterocycles. The molecular formula is C20H26BrN5O3S. The van der Waals surface area contributed by atoms with E-state index in [2.05, 4.69) is 30.7 Å². The maximum absolute atomic E-state index is 13.1. The number of hydrogen-bond acceptors (Lipinski definition) is 7. The van der Waals surface area contributed by atoms with Gasteiger partial charge in [-0.3, -0.25) is 0 Å². The SMILES string of the molecule is Cc1ccc(S(=O)(=O)N2CCN(c3nc(N4CCOCC4)ncc3Br)CC2)c(C)c1. The van der Waals surface area contributed by atoms with Gasteiger partial charge in [-0.2, -0.15) is 9.29 Å². The van der Waals surface area contributed by atoms with E-state index >= 15 is 0 Å². The molecular weight excluding hydrogens is 470 g/mol. The summed E-state index contributed by atoms with van der Waals surface area (Å²) in [6.45, 7) is 8.66. The van der Waals surface area contributed by atoms with Gasteiger partial charge in [0.15, 0.2) is 0 Å². The normalized spacial score (nSPS) is 18.6. The lowest BCUT2D eigenvalue weighted by Gasteiger charge is -2.36. The van der Waals surface area contributed by atoms with Crippen molar-refractivity contribution in [1.82, 2.24) is 14.3 Å². The van der Waals surface area contributed by atoms with Crippen LogP contribution in [0.15, 0.2) is 33.8 Å². The molecule has 0 amide bonds. The molecule has 0 atom stereocenters. The van der Waals surface area contributed by atoms with Gasteiger partial charge >= 0.3 is 0 Å². The molecule has 2 aromatic rings. The number of benzene rings is 1. The first kappa shape index (κ1) is 21.5. The van der Waals surface area contributed by atoms with Crippen LogP contribution in [0.5, 0.6) is 0 Å². The summed E-state index contributed by atoms with van der Waals surface area (Å²) in [5, 5.41) is 0. The summed E-state index contributed by atoms with van der Waals surface area (Å²) in [5.74, 6) is 1.48. The molecule has 0 saturated carbocycles. The molecule has 0 aliphatic carbocycles. The van der Waals surface area contributed by atoms with E-state index in [1.807, 2.05) is 26.0 Å². The van der Waals surface area contributed by atoms with Gasteiger partial charge in [0, 0.05) is 45.5 Å². The van der Waals surface area contributed by atoms with E-state index in [0.717, 1.165) is 34.5 Å². The lowest BCUT2D eigenvalue weighted by atomic mass is 10.2. The smallest absolute Gasteiger partial charge is 0.243 e. The van der Waals surface area contributed by atoms with Gasteiger partial charge in [0.25, 0.3) is 0 Å². The Morgan fingerprint density at radius 1 is 1.00 bits per heavy atom. The number of aryl methyl sites for hydroxylation is 2. The van der Waals surface area contributed by atoms with Gasteiger partial charge in [-0.05, 0) is 41.4 Å².